The summed E-state index contributed by atoms with van der Waals surface area (Å²) in [5.41, 5.74) is 8.81. The van der Waals surface area contributed by atoms with Crippen LogP contribution in [0.1, 0.15) is 57.3 Å². The lowest BCUT2D eigenvalue weighted by Crippen LogP contribution is -2.52. The summed E-state index contributed by atoms with van der Waals surface area (Å²) in [6.45, 7) is 5.18. The van der Waals surface area contributed by atoms with Gasteiger partial charge in [-0.2, -0.15) is 5.10 Å². The minimum absolute atomic E-state index is 0.0551. The van der Waals surface area contributed by atoms with Gasteiger partial charge in [-0.25, -0.2) is 0 Å². The van der Waals surface area contributed by atoms with Crippen molar-refractivity contribution in [2.24, 2.45) is 5.73 Å². The Kier molecular flexibility index (Phi) is 5.22. The first kappa shape index (κ1) is 15.5. The lowest BCUT2D eigenvalue weighted by atomic mass is 9.78. The fourth-order valence-corrected chi connectivity index (χ4v) is 3.41. The van der Waals surface area contributed by atoms with E-state index in [1.807, 2.05) is 7.11 Å². The Balaban J connectivity index is 2.13. The maximum atomic E-state index is 6.53. The molecule has 0 radical (unpaired) electrons. The van der Waals surface area contributed by atoms with Crippen molar-refractivity contribution in [2.75, 3.05) is 7.11 Å². The average molecular weight is 279 g/mol. The molecule has 0 saturated heterocycles. The van der Waals surface area contributed by atoms with Gasteiger partial charge >= 0.3 is 0 Å². The predicted molar refractivity (Wildman–Crippen MR) is 81.8 cm³/mol. The second kappa shape index (κ2) is 6.72. The van der Waals surface area contributed by atoms with Crippen molar-refractivity contribution in [2.45, 2.75) is 77.0 Å². The van der Waals surface area contributed by atoms with Crippen LogP contribution in [0.15, 0.2) is 6.07 Å². The summed E-state index contributed by atoms with van der Waals surface area (Å²) in [5.74, 6) is 0. The molecule has 1 saturated carbocycles. The third kappa shape index (κ3) is 3.07. The van der Waals surface area contributed by atoms with E-state index in [0.29, 0.717) is 0 Å². The van der Waals surface area contributed by atoms with Crippen LogP contribution in [0.4, 0.5) is 0 Å². The molecule has 4 nitrogen and oxygen atoms in total. The molecule has 0 aliphatic heterocycles. The van der Waals surface area contributed by atoms with E-state index in [2.05, 4.69) is 29.7 Å². The van der Waals surface area contributed by atoms with Crippen molar-refractivity contribution >= 4 is 0 Å². The SMILES string of the molecule is CCc1cc(CC(N)C2(OC)CCCCC2)n(CC)n1. The number of hydrogen-bond acceptors (Lipinski definition) is 3. The topological polar surface area (TPSA) is 53.1 Å². The molecule has 20 heavy (non-hydrogen) atoms. The smallest absolute Gasteiger partial charge is 0.0832 e. The molecule has 0 aromatic carbocycles. The van der Waals surface area contributed by atoms with E-state index in [9.17, 15) is 0 Å². The molecule has 1 aromatic rings. The van der Waals surface area contributed by atoms with Gasteiger partial charge in [0.2, 0.25) is 0 Å². The molecule has 1 aromatic heterocycles. The van der Waals surface area contributed by atoms with Crippen molar-refractivity contribution in [1.29, 1.82) is 0 Å². The zero-order chi connectivity index (χ0) is 14.6. The number of rotatable bonds is 6. The number of aromatic nitrogens is 2. The van der Waals surface area contributed by atoms with Crippen LogP contribution < -0.4 is 5.73 Å². The lowest BCUT2D eigenvalue weighted by molar-refractivity contribution is -0.0586. The lowest BCUT2D eigenvalue weighted by Gasteiger charge is -2.40. The van der Waals surface area contributed by atoms with E-state index in [0.717, 1.165) is 37.9 Å². The second-order valence-corrected chi connectivity index (χ2v) is 5.94. The van der Waals surface area contributed by atoms with E-state index in [1.165, 1.54) is 25.0 Å². The molecule has 1 unspecified atom stereocenters. The highest BCUT2D eigenvalue weighted by atomic mass is 16.5. The first-order chi connectivity index (χ1) is 9.65. The molecule has 0 amide bonds. The minimum Gasteiger partial charge on any atom is -0.377 e. The molecular formula is C16H29N3O. The Hall–Kier alpha value is -0.870. The van der Waals surface area contributed by atoms with Gasteiger partial charge in [-0.3, -0.25) is 4.68 Å². The summed E-state index contributed by atoms with van der Waals surface area (Å²) >= 11 is 0. The highest BCUT2D eigenvalue weighted by molar-refractivity contribution is 5.13. The van der Waals surface area contributed by atoms with Crippen molar-refractivity contribution in [3.63, 3.8) is 0 Å². The van der Waals surface area contributed by atoms with E-state index in [-0.39, 0.29) is 11.6 Å². The van der Waals surface area contributed by atoms with Crippen LogP contribution in [-0.2, 0) is 24.1 Å². The normalized spacial score (nSPS) is 20.0. The molecule has 1 aliphatic rings. The zero-order valence-corrected chi connectivity index (χ0v) is 13.2. The number of nitrogens with zero attached hydrogens (tertiary/aromatic N) is 2. The van der Waals surface area contributed by atoms with Crippen molar-refractivity contribution < 1.29 is 4.74 Å². The average Bonchev–Trinajstić information content (AvgIpc) is 2.90. The molecule has 2 N–H and O–H groups in total. The van der Waals surface area contributed by atoms with Crippen LogP contribution in [0.2, 0.25) is 0 Å². The first-order valence-electron chi connectivity index (χ1n) is 8.01. The van der Waals surface area contributed by atoms with Gasteiger partial charge in [0.25, 0.3) is 0 Å². The Morgan fingerprint density at radius 3 is 2.60 bits per heavy atom. The fraction of sp³-hybridized carbons (Fsp3) is 0.812. The molecule has 0 spiro atoms. The van der Waals surface area contributed by atoms with Crippen LogP contribution >= 0.6 is 0 Å². The third-order valence-corrected chi connectivity index (χ3v) is 4.79. The van der Waals surface area contributed by atoms with Gasteiger partial charge in [0.05, 0.1) is 11.3 Å². The minimum atomic E-state index is -0.131. The molecule has 4 heteroatoms. The Labute approximate surface area is 122 Å². The quantitative estimate of drug-likeness (QED) is 0.871. The summed E-state index contributed by atoms with van der Waals surface area (Å²) in [6.07, 6.45) is 7.78. The Bertz CT molecular complexity index is 421. The predicted octanol–water partition coefficient (Wildman–Crippen LogP) is 2.68. The molecule has 1 aliphatic carbocycles. The Morgan fingerprint density at radius 2 is 2.05 bits per heavy atom. The van der Waals surface area contributed by atoms with Gasteiger partial charge in [-0.1, -0.05) is 26.2 Å². The van der Waals surface area contributed by atoms with E-state index in [1.54, 1.807) is 0 Å². The third-order valence-electron chi connectivity index (χ3n) is 4.79. The maximum absolute atomic E-state index is 6.53. The largest absolute Gasteiger partial charge is 0.377 e. The summed E-state index contributed by atoms with van der Waals surface area (Å²) < 4.78 is 7.95. The summed E-state index contributed by atoms with van der Waals surface area (Å²) in [5, 5.41) is 4.61. The summed E-state index contributed by atoms with van der Waals surface area (Å²) in [6, 6.07) is 2.26. The zero-order valence-electron chi connectivity index (χ0n) is 13.2. The number of hydrogen-bond donors (Lipinski definition) is 1. The number of aryl methyl sites for hydroxylation is 2. The van der Waals surface area contributed by atoms with E-state index < -0.39 is 0 Å². The standard InChI is InChI=1S/C16H29N3O/c1-4-13-11-14(19(5-2)18-13)12-15(17)16(20-3)9-7-6-8-10-16/h11,15H,4-10,12,17H2,1-3H3. The molecule has 1 fully saturated rings. The van der Waals surface area contributed by atoms with Crippen LogP contribution in [0, 0.1) is 0 Å². The molecule has 114 valence electrons. The number of methoxy groups -OCH3 is 1. The van der Waals surface area contributed by atoms with Crippen molar-refractivity contribution in [1.82, 2.24) is 9.78 Å². The monoisotopic (exact) mass is 279 g/mol. The molecule has 1 atom stereocenters. The van der Waals surface area contributed by atoms with Gasteiger partial charge < -0.3 is 10.5 Å². The molecule has 1 heterocycles. The van der Waals surface area contributed by atoms with Crippen molar-refractivity contribution in [3.8, 4) is 0 Å². The Morgan fingerprint density at radius 1 is 1.35 bits per heavy atom. The van der Waals surface area contributed by atoms with Gasteiger partial charge in [0, 0.05) is 31.8 Å². The van der Waals surface area contributed by atoms with Gasteiger partial charge in [0.1, 0.15) is 0 Å². The van der Waals surface area contributed by atoms with Crippen LogP contribution in [-0.4, -0.2) is 28.5 Å². The van der Waals surface area contributed by atoms with Crippen LogP contribution in [0.25, 0.3) is 0 Å². The number of nitrogens with two attached hydrogens (primary N) is 1. The highest BCUT2D eigenvalue weighted by Crippen LogP contribution is 2.34. The van der Waals surface area contributed by atoms with E-state index in [4.69, 9.17) is 10.5 Å². The highest BCUT2D eigenvalue weighted by Gasteiger charge is 2.38. The van der Waals surface area contributed by atoms with Crippen LogP contribution in [0.3, 0.4) is 0 Å². The molecule has 2 rings (SSSR count). The molecular weight excluding hydrogens is 250 g/mol. The van der Waals surface area contributed by atoms with Crippen LogP contribution in [0.5, 0.6) is 0 Å². The summed E-state index contributed by atoms with van der Waals surface area (Å²) in [4.78, 5) is 0. The first-order valence-corrected chi connectivity index (χ1v) is 8.01. The number of ether oxygens (including phenoxy) is 1. The van der Waals surface area contributed by atoms with Gasteiger partial charge in [-0.15, -0.1) is 0 Å². The second-order valence-electron chi connectivity index (χ2n) is 5.94. The van der Waals surface area contributed by atoms with Crippen molar-refractivity contribution in [3.05, 3.63) is 17.5 Å². The maximum Gasteiger partial charge on any atom is 0.0832 e. The summed E-state index contributed by atoms with van der Waals surface area (Å²) in [7, 11) is 1.82. The van der Waals surface area contributed by atoms with E-state index >= 15 is 0 Å². The molecule has 0 bridgehead atoms. The van der Waals surface area contributed by atoms with Gasteiger partial charge in [-0.05, 0) is 32.3 Å². The van der Waals surface area contributed by atoms with Gasteiger partial charge in [0.15, 0.2) is 0 Å². The fourth-order valence-electron chi connectivity index (χ4n) is 3.41.